The van der Waals surface area contributed by atoms with Crippen LogP contribution in [-0.2, 0) is 71.3 Å². The molecule has 5 aromatic carbocycles. The molecule has 15 rings (SSSR count). The van der Waals surface area contributed by atoms with Crippen molar-refractivity contribution in [2.75, 3.05) is 39.6 Å². The van der Waals surface area contributed by atoms with Crippen molar-refractivity contribution in [2.45, 2.75) is 355 Å². The topological polar surface area (TPSA) is 416 Å². The maximum absolute atomic E-state index is 15.1. The average Bonchev–Trinajstić information content (AvgIpc) is 0.819. The number of hydrogen-bond donors (Lipinski definition) is 7. The van der Waals surface area contributed by atoms with Gasteiger partial charge in [-0.3, -0.25) is 29.3 Å². The van der Waals surface area contributed by atoms with Crippen molar-refractivity contribution in [2.24, 2.45) is 68.0 Å². The van der Waals surface area contributed by atoms with Crippen LogP contribution in [0.1, 0.15) is 302 Å². The number of benzene rings is 5. The summed E-state index contributed by atoms with van der Waals surface area (Å²) in [5.41, 5.74) is -3.99. The monoisotopic (exact) mass is 2010 g/mol. The lowest BCUT2D eigenvalue weighted by Gasteiger charge is -2.68. The molecule has 4 bridgehead atoms. The zero-order chi connectivity index (χ0) is 105. The lowest BCUT2D eigenvalue weighted by atomic mass is 9.40. The number of nitro benzene ring substituents is 1. The third-order valence-corrected chi connectivity index (χ3v) is 34.5. The molecule has 145 heavy (non-hydrogen) atoms. The number of ether oxygens (including phenoxy) is 12. The van der Waals surface area contributed by atoms with Crippen molar-refractivity contribution >= 4 is 53.3 Å². The lowest BCUT2D eigenvalue weighted by molar-refractivity contribution is -0.384. The van der Waals surface area contributed by atoms with Gasteiger partial charge in [0.15, 0.2) is 18.7 Å². The molecule has 30 nitrogen and oxygen atoms in total. The summed E-state index contributed by atoms with van der Waals surface area (Å²) in [6, 6.07) is 37.3. The minimum atomic E-state index is -1.77. The molecule has 794 valence electrons. The third kappa shape index (κ3) is 23.9. The molecule has 4 saturated heterocycles. The molecule has 6 aliphatic carbocycles. The van der Waals surface area contributed by atoms with E-state index in [4.69, 9.17) is 56.8 Å². The molecule has 0 radical (unpaired) electrons. The van der Waals surface area contributed by atoms with E-state index >= 15 is 9.59 Å². The summed E-state index contributed by atoms with van der Waals surface area (Å²) in [6.45, 7) is 32.5. The summed E-state index contributed by atoms with van der Waals surface area (Å²) in [5.74, 6) is -6.40. The van der Waals surface area contributed by atoms with Crippen LogP contribution in [0.25, 0.3) is 0 Å². The molecule has 0 aromatic heterocycles. The number of carbonyl (C=O) groups excluding carboxylic acids is 8. The minimum absolute atomic E-state index is 0.0343. The predicted octanol–water partition coefficient (Wildman–Crippen LogP) is 19.3. The quantitative estimate of drug-likeness (QED) is 0.00367. The molecule has 5 aromatic rings. The molecule has 4 aliphatic heterocycles. The van der Waals surface area contributed by atoms with Crippen LogP contribution in [0.3, 0.4) is 0 Å². The molecular formula is C115H157N3O27. The SMILES string of the molecule is CC1=C2[C@@H](C)C(=O)[C@@]3(C)[C@H]([C@H](C)[C@](O)(CC1OC(=O)[C@H](O)[C@@H](NC(=O)c1ccccc1)c1ccccc1)C2(C)C)[C@]1(C)CO[C@@H]1C[C@@H]3O.CCCCCCC1OCC(COC(=O)Oc2ccc([N+](=O)[O-])cc2)O1.CCCCCCCCCCCCCCCC1OCC(COC(=O)O[C@@H](C(=O)OC2C[C@@]3(O)[C@@H](C)[C@@H]4[C@]5(C)CO[C@@H]5C[C@H](O)[C@@]4(C)C(=O)[C@H](C)C(=C2C)C3(C)C)[C@@H](NC(=O)c2ccccc2)c2ccccc2)O1. The van der Waals surface area contributed by atoms with E-state index in [0.29, 0.717) is 77.2 Å². The zero-order valence-corrected chi connectivity index (χ0v) is 87.6. The highest BCUT2D eigenvalue weighted by molar-refractivity contribution is 5.96. The highest BCUT2D eigenvalue weighted by Gasteiger charge is 2.75. The van der Waals surface area contributed by atoms with E-state index in [1.54, 1.807) is 121 Å². The Morgan fingerprint density at radius 3 is 1.24 bits per heavy atom. The summed E-state index contributed by atoms with van der Waals surface area (Å²) in [5, 5.41) is 77.5. The minimum Gasteiger partial charge on any atom is -0.456 e. The van der Waals surface area contributed by atoms with Gasteiger partial charge in [0.05, 0.1) is 83.8 Å². The summed E-state index contributed by atoms with van der Waals surface area (Å²) >= 11 is 0. The first kappa shape index (κ1) is 112. The Balaban J connectivity index is 0.000000205. The van der Waals surface area contributed by atoms with E-state index in [9.17, 15) is 64.4 Å². The van der Waals surface area contributed by atoms with E-state index in [-0.39, 0.29) is 80.3 Å². The fourth-order valence-electron chi connectivity index (χ4n) is 26.4. The Labute approximate surface area is 854 Å². The van der Waals surface area contributed by atoms with E-state index in [1.165, 1.54) is 108 Å². The number of rotatable bonds is 38. The number of non-ortho nitro benzene ring substituents is 1. The normalized spacial score (nSPS) is 32.2. The Morgan fingerprint density at radius 1 is 0.483 bits per heavy atom. The Hall–Kier alpha value is -9.70. The fraction of sp³-hybridized carbons (Fsp3) is 0.635. The molecule has 0 spiro atoms. The van der Waals surface area contributed by atoms with Gasteiger partial charge < -0.3 is 93.0 Å². The van der Waals surface area contributed by atoms with Gasteiger partial charge in [-0.25, -0.2) is 19.2 Å². The molecule has 4 saturated carbocycles. The molecule has 4 heterocycles. The van der Waals surface area contributed by atoms with Gasteiger partial charge in [-0.15, -0.1) is 0 Å². The first-order chi connectivity index (χ1) is 69.0. The molecule has 10 aliphatic rings. The number of nitrogens with zero attached hydrogens (tertiary/aromatic N) is 1. The number of nitro groups is 1. The standard InChI is InChI=1S/C59H85NO12.C39H49NO8.C17H23NO7/c1-9-10-11-12-13-14-15-16-17-18-19-20-27-32-47-67-35-43(70-47)36-68-55(65)72-50(49(41-28-23-21-24-29-41)60-53(63)42-30-25-22-26-31-42)54(64)71-44-34-59(66)40(4)51-57(7)37-69-46(57)33-45(61)58(51,8)52(62)39(3)48(38(44)2)56(59,5)6;1-21-26(48-35(45)31(42)30(24-14-10-8-11-15-24)40-34(44)25-16-12-9-13-17-25)19-39(46)23(3)32-37(6)20-47-28(37)18-27(41)38(32,7)33(43)22(2)29(21)36(39,4)5;1-2-3-4-5-6-16-22-11-15(24-16)12-23-17(19)25-14-9-7-13(8-10-14)18(20)21/h21-26,28-31,39-40,43-47,49-51,61,66H,9-20,27,32-37H2,1-8H3,(H,60,63);8-17,22-23,26-28,30-32,41-42,46H,18-20H2,1-7H3,(H,40,44);7-10,15-16H,2-6,11-12H2,1H3/t39-,40+,43?,44?,45+,46-,47?,49+,50-,51-,57-,58-,59-;22-,23+,26?,27+,28-,30+,31-,32-,37-,38-,39-;/m11./s1. The van der Waals surface area contributed by atoms with Crippen LogP contribution in [-0.4, -0.2) is 203 Å². The fourth-order valence-corrected chi connectivity index (χ4v) is 26.4. The number of carbonyl (C=O) groups is 8. The predicted molar refractivity (Wildman–Crippen MR) is 540 cm³/mol. The zero-order valence-electron chi connectivity index (χ0n) is 87.6. The van der Waals surface area contributed by atoms with Crippen LogP contribution in [0.4, 0.5) is 15.3 Å². The lowest BCUT2D eigenvalue weighted by Crippen LogP contribution is -2.74. The number of nitrogens with one attached hydrogen (secondary N) is 2. The number of aliphatic hydroxyl groups is 5. The number of fused-ring (bicyclic) bond motifs is 10. The van der Waals surface area contributed by atoms with E-state index in [0.717, 1.165) is 38.5 Å². The van der Waals surface area contributed by atoms with Gasteiger partial charge in [0.2, 0.25) is 6.10 Å². The summed E-state index contributed by atoms with van der Waals surface area (Å²) in [6.07, 6.45) is 11.7. The average molecular weight is 2010 g/mol. The van der Waals surface area contributed by atoms with Crippen LogP contribution in [0.15, 0.2) is 168 Å². The molecule has 6 unspecified atom stereocenters. The van der Waals surface area contributed by atoms with Crippen LogP contribution in [0, 0.1) is 78.1 Å². The number of esters is 2. The first-order valence-corrected chi connectivity index (χ1v) is 52.9. The Bertz CT molecular complexity index is 5310. The number of aliphatic hydroxyl groups excluding tert-OH is 3. The Morgan fingerprint density at radius 2 is 0.848 bits per heavy atom. The Kier molecular flexibility index (Phi) is 37.5. The van der Waals surface area contributed by atoms with E-state index < -0.39 is 181 Å². The maximum atomic E-state index is 15.1. The molecule has 26 atom stereocenters. The number of ketones is 2. The molecule has 7 N–H and O–H groups in total. The van der Waals surface area contributed by atoms with E-state index in [1.807, 2.05) is 83.1 Å². The second-order valence-corrected chi connectivity index (χ2v) is 44.3. The first-order valence-electron chi connectivity index (χ1n) is 52.9. The van der Waals surface area contributed by atoms with Gasteiger partial charge in [-0.05, 0) is 147 Å². The van der Waals surface area contributed by atoms with Crippen LogP contribution < -0.4 is 15.4 Å². The number of unbranched alkanes of at least 4 members (excludes halogenated alkanes) is 15. The van der Waals surface area contributed by atoms with Gasteiger partial charge in [0.25, 0.3) is 17.5 Å². The van der Waals surface area contributed by atoms with Crippen molar-refractivity contribution in [3.63, 3.8) is 0 Å². The second-order valence-electron chi connectivity index (χ2n) is 44.3. The van der Waals surface area contributed by atoms with Crippen molar-refractivity contribution in [3.8, 4) is 5.75 Å². The van der Waals surface area contributed by atoms with Crippen LogP contribution in [0.2, 0.25) is 0 Å². The van der Waals surface area contributed by atoms with Gasteiger partial charge in [-0.2, -0.15) is 0 Å². The smallest absolute Gasteiger partial charge is 0.456 e. The molecule has 8 fully saturated rings. The van der Waals surface area contributed by atoms with Crippen molar-refractivity contribution in [1.29, 1.82) is 0 Å². The van der Waals surface area contributed by atoms with Crippen molar-refractivity contribution in [1.82, 2.24) is 10.6 Å². The maximum Gasteiger partial charge on any atom is 0.513 e. The summed E-state index contributed by atoms with van der Waals surface area (Å²) in [4.78, 5) is 121. The number of amides is 2. The largest absolute Gasteiger partial charge is 0.513 e. The number of Topliss-reactive ketones (excluding diaryl/α,β-unsaturated/α-hetero) is 2. The summed E-state index contributed by atoms with van der Waals surface area (Å²) in [7, 11) is 0. The van der Waals surface area contributed by atoms with Gasteiger partial charge in [0.1, 0.15) is 61.0 Å². The highest BCUT2D eigenvalue weighted by Crippen LogP contribution is 2.70. The number of hydrogen-bond acceptors (Lipinski definition) is 27. The highest BCUT2D eigenvalue weighted by atomic mass is 16.8. The van der Waals surface area contributed by atoms with Gasteiger partial charge in [-0.1, -0.05) is 276 Å². The van der Waals surface area contributed by atoms with Crippen LogP contribution in [0.5, 0.6) is 5.75 Å². The summed E-state index contributed by atoms with van der Waals surface area (Å²) < 4.78 is 69.2. The van der Waals surface area contributed by atoms with Crippen molar-refractivity contribution in [3.05, 3.63) is 200 Å². The molecular weight excluding hydrogens is 1860 g/mol. The van der Waals surface area contributed by atoms with E-state index in [2.05, 4.69) is 38.3 Å². The van der Waals surface area contributed by atoms with Gasteiger partial charge in [0, 0.05) is 82.4 Å². The van der Waals surface area contributed by atoms with Crippen molar-refractivity contribution < 1.29 is 126 Å². The second kappa shape index (κ2) is 48.3. The third-order valence-electron chi connectivity index (χ3n) is 34.5. The molecule has 30 heteroatoms. The van der Waals surface area contributed by atoms with Crippen LogP contribution >= 0.6 is 0 Å². The van der Waals surface area contributed by atoms with Gasteiger partial charge >= 0.3 is 24.2 Å². The molecule has 2 amide bonds.